The Hall–Kier alpha value is -0.610. The lowest BCUT2D eigenvalue weighted by Gasteiger charge is -1.98. The average Bonchev–Trinajstić information content (AvgIpc) is 2.29. The molecule has 0 aliphatic carbocycles. The molecule has 4 heteroatoms. The zero-order valence-corrected chi connectivity index (χ0v) is 10.7. The van der Waals surface area contributed by atoms with Gasteiger partial charge in [0.15, 0.2) is 0 Å². The first kappa shape index (κ1) is 17.8. The largest absolute Gasteiger partial charge is 0.469 e. The summed E-state index contributed by atoms with van der Waals surface area (Å²) in [6.07, 6.45) is 5.93. The highest BCUT2D eigenvalue weighted by molar-refractivity contribution is 5.68. The van der Waals surface area contributed by atoms with Gasteiger partial charge in [-0.15, -0.1) is 0 Å². The molecule has 0 aromatic rings. The molecule has 0 bridgehead atoms. The summed E-state index contributed by atoms with van der Waals surface area (Å²) in [5, 5.41) is 16.0. The third-order valence-corrected chi connectivity index (χ3v) is 1.98. The van der Waals surface area contributed by atoms with Gasteiger partial charge in [-0.05, 0) is 13.3 Å². The molecule has 1 atom stereocenters. The fourth-order valence-corrected chi connectivity index (χ4v) is 0.975. The standard InChI is InChI=1S/C9H18O2.C3H8O2/c1-3-4-5-6-7-8-9(10)11-2;1-3(5)2-4/h3-8H2,1-2H3;3-5H,2H2,1H3. The van der Waals surface area contributed by atoms with Crippen molar-refractivity contribution in [1.29, 1.82) is 0 Å². The van der Waals surface area contributed by atoms with Crippen LogP contribution < -0.4 is 0 Å². The first-order chi connectivity index (χ1) is 7.58. The summed E-state index contributed by atoms with van der Waals surface area (Å²) in [5.74, 6) is -0.0819. The number of carbonyl (C=O) groups excluding carboxylic acids is 1. The molecule has 16 heavy (non-hydrogen) atoms. The van der Waals surface area contributed by atoms with Gasteiger partial charge in [0.1, 0.15) is 0 Å². The van der Waals surface area contributed by atoms with Crippen molar-refractivity contribution in [2.75, 3.05) is 13.7 Å². The highest BCUT2D eigenvalue weighted by Crippen LogP contribution is 2.04. The first-order valence-corrected chi connectivity index (χ1v) is 5.94. The van der Waals surface area contributed by atoms with Gasteiger partial charge >= 0.3 is 5.97 Å². The molecule has 1 unspecified atom stereocenters. The number of aliphatic hydroxyl groups excluding tert-OH is 2. The van der Waals surface area contributed by atoms with Crippen molar-refractivity contribution in [1.82, 2.24) is 0 Å². The van der Waals surface area contributed by atoms with Crippen molar-refractivity contribution in [2.24, 2.45) is 0 Å². The van der Waals surface area contributed by atoms with Crippen molar-refractivity contribution >= 4 is 5.97 Å². The molecule has 2 N–H and O–H groups in total. The molecule has 0 fully saturated rings. The second-order valence-electron chi connectivity index (χ2n) is 3.77. The van der Waals surface area contributed by atoms with E-state index in [0.717, 1.165) is 12.8 Å². The highest BCUT2D eigenvalue weighted by atomic mass is 16.5. The van der Waals surface area contributed by atoms with E-state index in [-0.39, 0.29) is 12.6 Å². The molecular formula is C12H26O4. The normalized spacial score (nSPS) is 11.3. The van der Waals surface area contributed by atoms with Crippen molar-refractivity contribution in [3.8, 4) is 0 Å². The predicted molar refractivity (Wildman–Crippen MR) is 64.2 cm³/mol. The van der Waals surface area contributed by atoms with Crippen LogP contribution in [0.15, 0.2) is 0 Å². The van der Waals surface area contributed by atoms with E-state index in [9.17, 15) is 4.79 Å². The fraction of sp³-hybridized carbons (Fsp3) is 0.917. The monoisotopic (exact) mass is 234 g/mol. The Morgan fingerprint density at radius 1 is 1.25 bits per heavy atom. The van der Waals surface area contributed by atoms with Crippen LogP contribution in [0.3, 0.4) is 0 Å². The van der Waals surface area contributed by atoms with Crippen LogP contribution in [0.4, 0.5) is 0 Å². The quantitative estimate of drug-likeness (QED) is 0.521. The SMILES string of the molecule is CC(O)CO.CCCCCCCC(=O)OC. The number of rotatable bonds is 7. The predicted octanol–water partition coefficient (Wildman–Crippen LogP) is 1.88. The molecule has 0 amide bonds. The molecule has 0 spiro atoms. The van der Waals surface area contributed by atoms with Gasteiger partial charge in [-0.1, -0.05) is 32.6 Å². The number of hydrogen-bond acceptors (Lipinski definition) is 4. The minimum Gasteiger partial charge on any atom is -0.469 e. The van der Waals surface area contributed by atoms with Crippen molar-refractivity contribution in [3.05, 3.63) is 0 Å². The van der Waals surface area contributed by atoms with Crippen LogP contribution in [-0.2, 0) is 9.53 Å². The van der Waals surface area contributed by atoms with Gasteiger partial charge in [-0.25, -0.2) is 0 Å². The summed E-state index contributed by atoms with van der Waals surface area (Å²) >= 11 is 0. The average molecular weight is 234 g/mol. The van der Waals surface area contributed by atoms with Crippen LogP contribution in [0.2, 0.25) is 0 Å². The number of hydrogen-bond donors (Lipinski definition) is 2. The van der Waals surface area contributed by atoms with Crippen molar-refractivity contribution in [3.63, 3.8) is 0 Å². The van der Waals surface area contributed by atoms with E-state index >= 15 is 0 Å². The maximum Gasteiger partial charge on any atom is 0.305 e. The highest BCUT2D eigenvalue weighted by Gasteiger charge is 1.97. The van der Waals surface area contributed by atoms with Crippen LogP contribution in [0.5, 0.6) is 0 Å². The lowest BCUT2D eigenvalue weighted by atomic mass is 10.1. The smallest absolute Gasteiger partial charge is 0.305 e. The van der Waals surface area contributed by atoms with Gasteiger partial charge < -0.3 is 14.9 Å². The third kappa shape index (κ3) is 19.0. The molecule has 0 saturated heterocycles. The van der Waals surface area contributed by atoms with E-state index in [0.29, 0.717) is 6.42 Å². The van der Waals surface area contributed by atoms with Crippen molar-refractivity contribution in [2.45, 2.75) is 58.5 Å². The molecule has 0 radical (unpaired) electrons. The molecule has 0 rings (SSSR count). The molecular weight excluding hydrogens is 208 g/mol. The van der Waals surface area contributed by atoms with Gasteiger partial charge in [0.2, 0.25) is 0 Å². The Morgan fingerprint density at radius 3 is 2.12 bits per heavy atom. The van der Waals surface area contributed by atoms with Crippen LogP contribution >= 0.6 is 0 Å². The Bertz CT molecular complexity index is 146. The van der Waals surface area contributed by atoms with E-state index < -0.39 is 6.10 Å². The minimum atomic E-state index is -0.560. The van der Waals surface area contributed by atoms with Gasteiger partial charge in [-0.2, -0.15) is 0 Å². The number of carbonyl (C=O) groups is 1. The van der Waals surface area contributed by atoms with E-state index in [4.69, 9.17) is 10.2 Å². The number of unbranched alkanes of at least 4 members (excludes halogenated alkanes) is 4. The summed E-state index contributed by atoms with van der Waals surface area (Å²) in [6.45, 7) is 3.57. The van der Waals surface area contributed by atoms with Gasteiger partial charge in [0, 0.05) is 6.42 Å². The minimum absolute atomic E-state index is 0.0819. The molecule has 4 nitrogen and oxygen atoms in total. The van der Waals surface area contributed by atoms with Crippen molar-refractivity contribution < 1.29 is 19.7 Å². The summed E-state index contributed by atoms with van der Waals surface area (Å²) in [7, 11) is 1.44. The summed E-state index contributed by atoms with van der Waals surface area (Å²) in [5.41, 5.74) is 0. The third-order valence-electron chi connectivity index (χ3n) is 1.98. The number of ether oxygens (including phenoxy) is 1. The molecule has 98 valence electrons. The molecule has 0 aliphatic heterocycles. The first-order valence-electron chi connectivity index (χ1n) is 5.94. The summed E-state index contributed by atoms with van der Waals surface area (Å²) < 4.78 is 4.52. The van der Waals surface area contributed by atoms with Crippen LogP contribution in [0.1, 0.15) is 52.4 Å². The van der Waals surface area contributed by atoms with Crippen LogP contribution in [-0.4, -0.2) is 36.0 Å². The Labute approximate surface area is 98.6 Å². The number of esters is 1. The Balaban J connectivity index is 0. The topological polar surface area (TPSA) is 66.8 Å². The molecule has 0 aromatic carbocycles. The lowest BCUT2D eigenvalue weighted by molar-refractivity contribution is -0.140. The molecule has 0 aliphatic rings. The zero-order chi connectivity index (χ0) is 12.8. The van der Waals surface area contributed by atoms with Gasteiger partial charge in [0.05, 0.1) is 19.8 Å². The maximum absolute atomic E-state index is 10.6. The fourth-order valence-electron chi connectivity index (χ4n) is 0.975. The Morgan fingerprint density at radius 2 is 1.75 bits per heavy atom. The summed E-state index contributed by atoms with van der Waals surface area (Å²) in [4.78, 5) is 10.6. The second-order valence-corrected chi connectivity index (χ2v) is 3.77. The summed E-state index contributed by atoms with van der Waals surface area (Å²) in [6, 6.07) is 0. The number of aliphatic hydroxyl groups is 2. The van der Waals surface area contributed by atoms with Crippen LogP contribution in [0, 0.1) is 0 Å². The maximum atomic E-state index is 10.6. The van der Waals surface area contributed by atoms with E-state index in [1.54, 1.807) is 0 Å². The number of methoxy groups -OCH3 is 1. The second kappa shape index (κ2) is 14.4. The van der Waals surface area contributed by atoms with Crippen LogP contribution in [0.25, 0.3) is 0 Å². The molecule has 0 saturated carbocycles. The molecule has 0 aromatic heterocycles. The zero-order valence-electron chi connectivity index (χ0n) is 10.7. The lowest BCUT2D eigenvalue weighted by Crippen LogP contribution is -2.03. The van der Waals surface area contributed by atoms with E-state index in [1.165, 1.54) is 33.3 Å². The Kier molecular flexibility index (Phi) is 16.0. The van der Waals surface area contributed by atoms with E-state index in [2.05, 4.69) is 11.7 Å². The van der Waals surface area contributed by atoms with Gasteiger partial charge in [-0.3, -0.25) is 4.79 Å². The molecule has 0 heterocycles. The van der Waals surface area contributed by atoms with Gasteiger partial charge in [0.25, 0.3) is 0 Å². The van der Waals surface area contributed by atoms with E-state index in [1.807, 2.05) is 0 Å².